The molecule has 0 unspecified atom stereocenters. The number of benzene rings is 1. The van der Waals surface area contributed by atoms with Crippen molar-refractivity contribution in [1.29, 1.82) is 0 Å². The summed E-state index contributed by atoms with van der Waals surface area (Å²) in [6.45, 7) is -1.00. The number of amides is 2. The first kappa shape index (κ1) is 19.2. The topological polar surface area (TPSA) is 84.9 Å². The van der Waals surface area contributed by atoms with Crippen LogP contribution in [0.4, 0.5) is 4.39 Å². The number of halogens is 2. The lowest BCUT2D eigenvalue weighted by Gasteiger charge is -2.16. The van der Waals surface area contributed by atoms with Gasteiger partial charge in [-0.2, -0.15) is 0 Å². The molecule has 25 heavy (non-hydrogen) atoms. The number of nitrogens with zero attached hydrogens (tertiary/aromatic N) is 1. The maximum atomic E-state index is 12.9. The highest BCUT2D eigenvalue weighted by Crippen LogP contribution is 2.25. The quantitative estimate of drug-likeness (QED) is 0.644. The molecule has 7 nitrogen and oxygen atoms in total. The lowest BCUT2D eigenvalue weighted by Crippen LogP contribution is -2.40. The smallest absolute Gasteiger partial charge is 0.344 e. The number of ether oxygens (including phenoxy) is 2. The minimum absolute atomic E-state index is 0.0914. The highest BCUT2D eigenvalue weighted by atomic mass is 79.9. The summed E-state index contributed by atoms with van der Waals surface area (Å²) in [6.07, 6.45) is 1.93. The van der Waals surface area contributed by atoms with Gasteiger partial charge in [-0.15, -0.1) is 0 Å². The average molecular weight is 417 g/mol. The number of likely N-dealkylation sites (N-methyl/N-ethyl adjacent to an activating group) is 1. The summed E-state index contributed by atoms with van der Waals surface area (Å²) in [7, 11) is 1.45. The van der Waals surface area contributed by atoms with Crippen LogP contribution in [0.1, 0.15) is 12.8 Å². The molecule has 0 bridgehead atoms. The van der Waals surface area contributed by atoms with Crippen molar-refractivity contribution in [3.63, 3.8) is 0 Å². The Kier molecular flexibility index (Phi) is 6.74. The molecule has 2 rings (SSSR count). The predicted molar refractivity (Wildman–Crippen MR) is 89.4 cm³/mol. The lowest BCUT2D eigenvalue weighted by molar-refractivity contribution is -0.153. The van der Waals surface area contributed by atoms with Crippen LogP contribution < -0.4 is 10.1 Å². The molecule has 1 N–H and O–H groups in total. The van der Waals surface area contributed by atoms with Crippen LogP contribution in [0.25, 0.3) is 0 Å². The van der Waals surface area contributed by atoms with Gasteiger partial charge in [0.1, 0.15) is 11.6 Å². The fourth-order valence-corrected chi connectivity index (χ4v) is 2.29. The second-order valence-electron chi connectivity index (χ2n) is 5.62. The van der Waals surface area contributed by atoms with Gasteiger partial charge < -0.3 is 19.7 Å². The normalized spacial score (nSPS) is 13.1. The summed E-state index contributed by atoms with van der Waals surface area (Å²) in [6, 6.07) is 3.98. The van der Waals surface area contributed by atoms with Gasteiger partial charge in [0.25, 0.3) is 5.91 Å². The molecule has 2 amide bonds. The van der Waals surface area contributed by atoms with Crippen LogP contribution in [-0.4, -0.2) is 55.5 Å². The number of nitrogens with one attached hydrogen (secondary N) is 1. The summed E-state index contributed by atoms with van der Waals surface area (Å²) >= 11 is 3.11. The second kappa shape index (κ2) is 8.80. The number of carbonyl (C=O) groups excluding carboxylic acids is 3. The Bertz CT molecular complexity index is 666. The van der Waals surface area contributed by atoms with E-state index in [2.05, 4.69) is 21.2 Å². The van der Waals surface area contributed by atoms with E-state index in [1.807, 2.05) is 0 Å². The van der Waals surface area contributed by atoms with E-state index in [9.17, 15) is 18.8 Å². The Labute approximate surface area is 152 Å². The number of hydrogen-bond donors (Lipinski definition) is 1. The molecule has 0 heterocycles. The van der Waals surface area contributed by atoms with Crippen LogP contribution in [0.15, 0.2) is 22.7 Å². The van der Waals surface area contributed by atoms with E-state index in [1.165, 1.54) is 30.1 Å². The van der Waals surface area contributed by atoms with Gasteiger partial charge in [-0.3, -0.25) is 9.59 Å². The van der Waals surface area contributed by atoms with Gasteiger partial charge in [-0.1, -0.05) is 0 Å². The van der Waals surface area contributed by atoms with Crippen molar-refractivity contribution in [2.24, 2.45) is 0 Å². The highest BCUT2D eigenvalue weighted by molar-refractivity contribution is 9.10. The molecule has 1 aromatic carbocycles. The summed E-state index contributed by atoms with van der Waals surface area (Å²) in [4.78, 5) is 36.2. The van der Waals surface area contributed by atoms with E-state index in [0.717, 1.165) is 12.8 Å². The summed E-state index contributed by atoms with van der Waals surface area (Å²) in [5, 5.41) is 2.76. The number of rotatable bonds is 8. The molecular formula is C16H18BrFN2O5. The minimum atomic E-state index is -0.750. The van der Waals surface area contributed by atoms with Gasteiger partial charge in [0.2, 0.25) is 5.91 Å². The Hall–Kier alpha value is -2.16. The molecule has 1 aromatic rings. The van der Waals surface area contributed by atoms with E-state index in [-0.39, 0.29) is 24.2 Å². The lowest BCUT2D eigenvalue weighted by atomic mass is 10.3. The molecule has 0 spiro atoms. The molecule has 1 aliphatic rings. The molecule has 0 aliphatic heterocycles. The Balaban J connectivity index is 1.67. The standard InChI is InChI=1S/C16H18BrFN2O5/c1-20(7-14(21)19-11-3-4-11)15(22)8-25-16(23)9-24-13-5-2-10(18)6-12(13)17/h2,5-6,11H,3-4,7-9H2,1H3,(H,19,21). The van der Waals surface area contributed by atoms with Gasteiger partial charge >= 0.3 is 5.97 Å². The van der Waals surface area contributed by atoms with Gasteiger partial charge in [0.05, 0.1) is 11.0 Å². The fourth-order valence-electron chi connectivity index (χ4n) is 1.83. The zero-order valence-corrected chi connectivity index (χ0v) is 15.2. The number of esters is 1. The zero-order valence-electron chi connectivity index (χ0n) is 13.6. The van der Waals surface area contributed by atoms with Crippen LogP contribution in [0.2, 0.25) is 0 Å². The molecule has 1 fully saturated rings. The maximum Gasteiger partial charge on any atom is 0.344 e. The third-order valence-electron chi connectivity index (χ3n) is 3.35. The number of carbonyl (C=O) groups is 3. The highest BCUT2D eigenvalue weighted by Gasteiger charge is 2.24. The molecule has 0 atom stereocenters. The van der Waals surface area contributed by atoms with Gasteiger partial charge in [-0.25, -0.2) is 9.18 Å². The number of hydrogen-bond acceptors (Lipinski definition) is 5. The van der Waals surface area contributed by atoms with Crippen LogP contribution in [0.3, 0.4) is 0 Å². The summed E-state index contributed by atoms with van der Waals surface area (Å²) in [5.74, 6) is -1.66. The molecule has 1 aliphatic carbocycles. The van der Waals surface area contributed by atoms with E-state index < -0.39 is 30.9 Å². The van der Waals surface area contributed by atoms with Crippen molar-refractivity contribution < 1.29 is 28.2 Å². The third-order valence-corrected chi connectivity index (χ3v) is 3.96. The van der Waals surface area contributed by atoms with Crippen LogP contribution >= 0.6 is 15.9 Å². The molecular weight excluding hydrogens is 399 g/mol. The van der Waals surface area contributed by atoms with Crippen molar-refractivity contribution in [1.82, 2.24) is 10.2 Å². The minimum Gasteiger partial charge on any atom is -0.481 e. The predicted octanol–water partition coefficient (Wildman–Crippen LogP) is 1.25. The van der Waals surface area contributed by atoms with E-state index in [1.54, 1.807) is 0 Å². The van der Waals surface area contributed by atoms with Crippen LogP contribution in [0.5, 0.6) is 5.75 Å². The third kappa shape index (κ3) is 6.69. The van der Waals surface area contributed by atoms with Gasteiger partial charge in [-0.05, 0) is 47.0 Å². The van der Waals surface area contributed by atoms with Gasteiger partial charge in [0.15, 0.2) is 13.2 Å². The average Bonchev–Trinajstić information content (AvgIpc) is 3.35. The first-order valence-corrected chi connectivity index (χ1v) is 8.41. The van der Waals surface area contributed by atoms with Crippen molar-refractivity contribution in [3.8, 4) is 5.75 Å². The van der Waals surface area contributed by atoms with E-state index in [0.29, 0.717) is 4.47 Å². The zero-order chi connectivity index (χ0) is 18.4. The molecule has 0 aromatic heterocycles. The second-order valence-corrected chi connectivity index (χ2v) is 6.47. The van der Waals surface area contributed by atoms with Crippen molar-refractivity contribution in [3.05, 3.63) is 28.5 Å². The van der Waals surface area contributed by atoms with Crippen molar-refractivity contribution in [2.75, 3.05) is 26.8 Å². The summed E-state index contributed by atoms with van der Waals surface area (Å²) < 4.78 is 23.3. The molecule has 0 radical (unpaired) electrons. The van der Waals surface area contributed by atoms with Crippen LogP contribution in [0, 0.1) is 5.82 Å². The monoisotopic (exact) mass is 416 g/mol. The Morgan fingerprint density at radius 3 is 2.68 bits per heavy atom. The molecule has 9 heteroatoms. The SMILES string of the molecule is CN(CC(=O)NC1CC1)C(=O)COC(=O)COc1ccc(F)cc1Br. The molecule has 0 saturated heterocycles. The van der Waals surface area contributed by atoms with Crippen molar-refractivity contribution >= 4 is 33.7 Å². The maximum absolute atomic E-state index is 12.9. The summed E-state index contributed by atoms with van der Waals surface area (Å²) in [5.41, 5.74) is 0. The van der Waals surface area contributed by atoms with E-state index >= 15 is 0 Å². The Morgan fingerprint density at radius 2 is 2.04 bits per heavy atom. The molecule has 136 valence electrons. The van der Waals surface area contributed by atoms with E-state index in [4.69, 9.17) is 9.47 Å². The van der Waals surface area contributed by atoms with Crippen LogP contribution in [-0.2, 0) is 19.1 Å². The Morgan fingerprint density at radius 1 is 1.32 bits per heavy atom. The first-order chi connectivity index (χ1) is 11.8. The van der Waals surface area contributed by atoms with Gasteiger partial charge in [0, 0.05) is 13.1 Å². The fraction of sp³-hybridized carbons (Fsp3) is 0.438. The van der Waals surface area contributed by atoms with Crippen molar-refractivity contribution in [2.45, 2.75) is 18.9 Å². The first-order valence-electron chi connectivity index (χ1n) is 7.62. The molecule has 1 saturated carbocycles. The largest absolute Gasteiger partial charge is 0.481 e.